The molecule has 0 radical (unpaired) electrons. The monoisotopic (exact) mass is 362 g/mol. The summed E-state index contributed by atoms with van der Waals surface area (Å²) >= 11 is 0. The first-order valence-electron chi connectivity index (χ1n) is 11.2. The highest BCUT2D eigenvalue weighted by molar-refractivity contribution is 5.89. The van der Waals surface area contributed by atoms with Crippen molar-refractivity contribution in [1.82, 2.24) is 0 Å². The number of rotatable bonds is 7. The average molecular weight is 363 g/mol. The molecular weight excluding hydrogens is 320 g/mol. The van der Waals surface area contributed by atoms with E-state index in [0.29, 0.717) is 18.4 Å². The Balaban J connectivity index is 2.39. The molecule has 2 saturated carbocycles. The third-order valence-corrected chi connectivity index (χ3v) is 7.22. The molecule has 0 aromatic heterocycles. The summed E-state index contributed by atoms with van der Waals surface area (Å²) in [6.07, 6.45) is 14.9. The van der Waals surface area contributed by atoms with Crippen molar-refractivity contribution in [3.63, 3.8) is 0 Å². The van der Waals surface area contributed by atoms with Gasteiger partial charge in [-0.2, -0.15) is 0 Å². The van der Waals surface area contributed by atoms with E-state index in [1.165, 1.54) is 64.2 Å². The zero-order valence-electron chi connectivity index (χ0n) is 17.9. The number of carbonyl (C=O) groups excluding carboxylic acids is 1. The second kappa shape index (κ2) is 9.42. The Morgan fingerprint density at radius 3 is 1.77 bits per heavy atom. The van der Waals surface area contributed by atoms with Crippen molar-refractivity contribution >= 4 is 5.97 Å². The van der Waals surface area contributed by atoms with E-state index < -0.39 is 0 Å². The summed E-state index contributed by atoms with van der Waals surface area (Å²) in [6.45, 7) is 14.2. The van der Waals surface area contributed by atoms with Gasteiger partial charge in [-0.25, -0.2) is 4.79 Å². The average Bonchev–Trinajstić information content (AvgIpc) is 2.63. The van der Waals surface area contributed by atoms with Crippen LogP contribution in [0.4, 0.5) is 0 Å². The maximum atomic E-state index is 13.1. The van der Waals surface area contributed by atoms with Gasteiger partial charge in [0, 0.05) is 11.0 Å². The number of unbranched alkanes of at least 4 members (excludes halogenated alkanes) is 1. The Morgan fingerprint density at radius 1 is 0.923 bits per heavy atom. The topological polar surface area (TPSA) is 26.3 Å². The van der Waals surface area contributed by atoms with Gasteiger partial charge in [-0.05, 0) is 49.4 Å². The van der Waals surface area contributed by atoms with E-state index in [2.05, 4.69) is 34.3 Å². The van der Waals surface area contributed by atoms with E-state index in [0.717, 1.165) is 18.4 Å². The van der Waals surface area contributed by atoms with Gasteiger partial charge in [-0.15, -0.1) is 0 Å². The molecule has 2 heteroatoms. The predicted octanol–water partition coefficient (Wildman–Crippen LogP) is 7.08. The van der Waals surface area contributed by atoms with Crippen LogP contribution in [-0.4, -0.2) is 12.6 Å². The minimum atomic E-state index is -0.121. The molecule has 0 N–H and O–H groups in total. The largest absolute Gasteiger partial charge is 0.462 e. The van der Waals surface area contributed by atoms with Crippen molar-refractivity contribution in [2.45, 2.75) is 105 Å². The van der Waals surface area contributed by atoms with Crippen molar-refractivity contribution in [1.29, 1.82) is 0 Å². The number of hydrogen-bond donors (Lipinski definition) is 0. The van der Waals surface area contributed by atoms with Gasteiger partial charge in [-0.1, -0.05) is 79.2 Å². The van der Waals surface area contributed by atoms with Gasteiger partial charge in [0.05, 0.1) is 6.61 Å². The molecular formula is C24H42O2. The van der Waals surface area contributed by atoms with Crippen LogP contribution in [0.2, 0.25) is 0 Å². The standard InChI is InChI=1S/C24H42O2/c1-6-7-18-26-22(25)19(2)24(23(3,4)5,20-14-10-8-11-15-20)21-16-12-9-13-17-21/h20-21H,2,6-18H2,1,3-5H3. The summed E-state index contributed by atoms with van der Waals surface area (Å²) < 4.78 is 5.69. The van der Waals surface area contributed by atoms with Crippen molar-refractivity contribution < 1.29 is 9.53 Å². The summed E-state index contributed by atoms with van der Waals surface area (Å²) in [6, 6.07) is 0. The first-order chi connectivity index (χ1) is 12.4. The van der Waals surface area contributed by atoms with Gasteiger partial charge in [0.1, 0.15) is 0 Å². The second-order valence-electron chi connectivity index (χ2n) is 9.76. The molecule has 0 bridgehead atoms. The Kier molecular flexibility index (Phi) is 7.79. The molecule has 0 aromatic rings. The van der Waals surface area contributed by atoms with E-state index in [4.69, 9.17) is 4.74 Å². The lowest BCUT2D eigenvalue weighted by atomic mass is 9.46. The molecule has 2 nitrogen and oxygen atoms in total. The lowest BCUT2D eigenvalue weighted by molar-refractivity contribution is -0.145. The molecule has 2 rings (SSSR count). The molecule has 0 saturated heterocycles. The van der Waals surface area contributed by atoms with Crippen molar-refractivity contribution in [2.75, 3.05) is 6.61 Å². The van der Waals surface area contributed by atoms with E-state index in [1.54, 1.807) is 0 Å². The van der Waals surface area contributed by atoms with Crippen molar-refractivity contribution in [3.05, 3.63) is 12.2 Å². The number of carbonyl (C=O) groups is 1. The molecule has 26 heavy (non-hydrogen) atoms. The Hall–Kier alpha value is -0.790. The van der Waals surface area contributed by atoms with Crippen LogP contribution < -0.4 is 0 Å². The van der Waals surface area contributed by atoms with Gasteiger partial charge < -0.3 is 4.74 Å². The Bertz CT molecular complexity index is 441. The number of ether oxygens (including phenoxy) is 1. The molecule has 0 atom stereocenters. The first kappa shape index (κ1) is 21.5. The highest BCUT2D eigenvalue weighted by Crippen LogP contribution is 2.61. The minimum absolute atomic E-state index is 0.0257. The molecule has 0 heterocycles. The van der Waals surface area contributed by atoms with Crippen LogP contribution in [-0.2, 0) is 9.53 Å². The summed E-state index contributed by atoms with van der Waals surface area (Å²) in [7, 11) is 0. The highest BCUT2D eigenvalue weighted by Gasteiger charge is 2.56. The van der Waals surface area contributed by atoms with E-state index in [9.17, 15) is 4.79 Å². The van der Waals surface area contributed by atoms with Gasteiger partial charge in [0.25, 0.3) is 0 Å². The summed E-state index contributed by atoms with van der Waals surface area (Å²) in [5.74, 6) is 1.03. The zero-order chi connectivity index (χ0) is 19.2. The summed E-state index contributed by atoms with van der Waals surface area (Å²) in [4.78, 5) is 13.1. The zero-order valence-corrected chi connectivity index (χ0v) is 17.9. The molecule has 2 fully saturated rings. The molecule has 0 amide bonds. The van der Waals surface area contributed by atoms with Crippen molar-refractivity contribution in [3.8, 4) is 0 Å². The Morgan fingerprint density at radius 2 is 1.38 bits per heavy atom. The van der Waals surface area contributed by atoms with Crippen LogP contribution in [0, 0.1) is 22.7 Å². The first-order valence-corrected chi connectivity index (χ1v) is 11.2. The predicted molar refractivity (Wildman–Crippen MR) is 110 cm³/mol. The fourth-order valence-corrected chi connectivity index (χ4v) is 6.18. The van der Waals surface area contributed by atoms with Gasteiger partial charge in [0.15, 0.2) is 0 Å². The van der Waals surface area contributed by atoms with Gasteiger partial charge in [0.2, 0.25) is 0 Å². The maximum Gasteiger partial charge on any atom is 0.334 e. The second-order valence-corrected chi connectivity index (χ2v) is 9.76. The van der Waals surface area contributed by atoms with Gasteiger partial charge >= 0.3 is 5.97 Å². The molecule has 0 aromatic carbocycles. The smallest absolute Gasteiger partial charge is 0.334 e. The number of hydrogen-bond acceptors (Lipinski definition) is 2. The van der Waals surface area contributed by atoms with Crippen LogP contribution in [0.1, 0.15) is 105 Å². The minimum Gasteiger partial charge on any atom is -0.462 e. The highest BCUT2D eigenvalue weighted by atomic mass is 16.5. The molecule has 2 aliphatic carbocycles. The van der Waals surface area contributed by atoms with Crippen LogP contribution >= 0.6 is 0 Å². The van der Waals surface area contributed by atoms with E-state index in [1.807, 2.05) is 0 Å². The van der Waals surface area contributed by atoms with Crippen LogP contribution in [0.25, 0.3) is 0 Å². The fourth-order valence-electron chi connectivity index (χ4n) is 6.18. The summed E-state index contributed by atoms with van der Waals surface area (Å²) in [5, 5.41) is 0. The van der Waals surface area contributed by atoms with Crippen LogP contribution in [0.5, 0.6) is 0 Å². The normalized spacial score (nSPS) is 20.8. The fraction of sp³-hybridized carbons (Fsp3) is 0.875. The SMILES string of the molecule is C=C(C(=O)OCCCC)C(C1CCCCC1)(C1CCCCC1)C(C)(C)C. The number of esters is 1. The van der Waals surface area contributed by atoms with Gasteiger partial charge in [-0.3, -0.25) is 0 Å². The van der Waals surface area contributed by atoms with Crippen LogP contribution in [0.15, 0.2) is 12.2 Å². The Labute approximate surface area is 162 Å². The van der Waals surface area contributed by atoms with E-state index >= 15 is 0 Å². The third kappa shape index (κ3) is 4.37. The quantitative estimate of drug-likeness (QED) is 0.275. The molecule has 2 aliphatic rings. The van der Waals surface area contributed by atoms with Crippen LogP contribution in [0.3, 0.4) is 0 Å². The molecule has 150 valence electrons. The molecule has 0 aliphatic heterocycles. The lowest BCUT2D eigenvalue weighted by Crippen LogP contribution is -2.52. The van der Waals surface area contributed by atoms with E-state index in [-0.39, 0.29) is 16.8 Å². The molecule has 0 unspecified atom stereocenters. The third-order valence-electron chi connectivity index (χ3n) is 7.22. The lowest BCUT2D eigenvalue weighted by Gasteiger charge is -2.57. The summed E-state index contributed by atoms with van der Waals surface area (Å²) in [5.41, 5.74) is 0.703. The van der Waals surface area contributed by atoms with Crippen molar-refractivity contribution in [2.24, 2.45) is 22.7 Å². The molecule has 0 spiro atoms. The maximum absolute atomic E-state index is 13.1.